The Labute approximate surface area is 277 Å². The van der Waals surface area contributed by atoms with E-state index in [-0.39, 0.29) is 24.7 Å². The van der Waals surface area contributed by atoms with Crippen molar-refractivity contribution in [3.05, 3.63) is 108 Å². The molecule has 3 N–H and O–H groups in total. The third-order valence-corrected chi connectivity index (χ3v) is 7.32. The molecule has 0 fully saturated rings. The smallest absolute Gasteiger partial charge is 0.338 e. The number of nitro benzene ring substituents is 1. The number of nitrogens with zero attached hydrogens (tertiary/aromatic N) is 2. The lowest BCUT2D eigenvalue weighted by molar-refractivity contribution is -0.386. The standard InChI is InChI=1S/C30H27BrClN5O7S/c1-3-42-29(39)26-17(2)34-30(45)35-27(26)21-9-4-5-10-24(21)43-16-25(38)36-33-14-19-12-22(31)28(23(13-19)37(40)41)44-15-18-7-6-8-20(32)11-18/h4-14,27H,3,15-16H2,1-2H3,(H,36,38)(H2,34,35,45)/t27-/m1/s1. The molecular weight excluding hydrogens is 690 g/mol. The Morgan fingerprint density at radius 3 is 2.69 bits per heavy atom. The van der Waals surface area contributed by atoms with Gasteiger partial charge in [0.05, 0.1) is 33.8 Å². The largest absolute Gasteiger partial charge is 0.483 e. The number of amides is 1. The van der Waals surface area contributed by atoms with Gasteiger partial charge in [-0.05, 0) is 71.8 Å². The Morgan fingerprint density at radius 1 is 1.18 bits per heavy atom. The van der Waals surface area contributed by atoms with E-state index in [9.17, 15) is 19.7 Å². The predicted molar refractivity (Wildman–Crippen MR) is 175 cm³/mol. The number of esters is 1. The molecule has 1 amide bonds. The summed E-state index contributed by atoms with van der Waals surface area (Å²) >= 11 is 14.6. The Kier molecular flexibility index (Phi) is 11.5. The van der Waals surface area contributed by atoms with Crippen LogP contribution in [-0.2, 0) is 20.9 Å². The van der Waals surface area contributed by atoms with Crippen LogP contribution in [0.25, 0.3) is 0 Å². The monoisotopic (exact) mass is 715 g/mol. The van der Waals surface area contributed by atoms with Gasteiger partial charge in [0.25, 0.3) is 5.91 Å². The van der Waals surface area contributed by atoms with Crippen LogP contribution in [0.3, 0.4) is 0 Å². The molecule has 0 aliphatic carbocycles. The SMILES string of the molecule is CCOC(=O)C1=C(C)NC(=S)N[C@@H]1c1ccccc1OCC(=O)NN=Cc1cc(Br)c(OCc2cccc(Cl)c2)c([N+](=O)[O-])c1. The molecule has 0 bridgehead atoms. The highest BCUT2D eigenvalue weighted by Gasteiger charge is 2.32. The Morgan fingerprint density at radius 2 is 1.96 bits per heavy atom. The van der Waals surface area contributed by atoms with Gasteiger partial charge in [0.2, 0.25) is 5.75 Å². The molecule has 0 saturated heterocycles. The molecule has 1 atom stereocenters. The van der Waals surface area contributed by atoms with E-state index in [4.69, 9.17) is 38.0 Å². The maximum atomic E-state index is 12.7. The minimum Gasteiger partial charge on any atom is -0.483 e. The number of hydrogen-bond acceptors (Lipinski definition) is 9. The van der Waals surface area contributed by atoms with Gasteiger partial charge in [0.1, 0.15) is 12.4 Å². The van der Waals surface area contributed by atoms with E-state index in [0.29, 0.717) is 42.8 Å². The second-order valence-corrected chi connectivity index (χ2v) is 11.1. The zero-order valence-corrected chi connectivity index (χ0v) is 27.1. The highest BCUT2D eigenvalue weighted by atomic mass is 79.9. The number of rotatable bonds is 12. The lowest BCUT2D eigenvalue weighted by Crippen LogP contribution is -2.45. The highest BCUT2D eigenvalue weighted by Crippen LogP contribution is 2.37. The fourth-order valence-electron chi connectivity index (χ4n) is 4.35. The Balaban J connectivity index is 1.42. The van der Waals surface area contributed by atoms with Crippen LogP contribution in [0.15, 0.2) is 81.5 Å². The number of nitrogens with one attached hydrogen (secondary N) is 3. The molecule has 1 aliphatic rings. The van der Waals surface area contributed by atoms with Gasteiger partial charge in [-0.3, -0.25) is 14.9 Å². The second kappa shape index (κ2) is 15.5. The molecule has 15 heteroatoms. The van der Waals surface area contributed by atoms with Gasteiger partial charge >= 0.3 is 11.7 Å². The van der Waals surface area contributed by atoms with E-state index in [1.54, 1.807) is 68.4 Å². The molecule has 0 saturated carbocycles. The van der Waals surface area contributed by atoms with E-state index < -0.39 is 29.4 Å². The van der Waals surface area contributed by atoms with Gasteiger partial charge in [-0.1, -0.05) is 41.9 Å². The summed E-state index contributed by atoms with van der Waals surface area (Å²) in [6, 6.07) is 16.0. The van der Waals surface area contributed by atoms with Gasteiger partial charge in [-0.25, -0.2) is 10.2 Å². The zero-order valence-electron chi connectivity index (χ0n) is 24.0. The van der Waals surface area contributed by atoms with Gasteiger partial charge < -0.3 is 24.8 Å². The quantitative estimate of drug-likeness (QED) is 0.0723. The number of benzene rings is 3. The van der Waals surface area contributed by atoms with E-state index in [1.807, 2.05) is 0 Å². The topological polar surface area (TPSA) is 153 Å². The number of para-hydroxylation sites is 1. The van der Waals surface area contributed by atoms with E-state index in [2.05, 4.69) is 37.1 Å². The molecule has 1 aliphatic heterocycles. The Bertz CT molecular complexity index is 1700. The summed E-state index contributed by atoms with van der Waals surface area (Å²) in [7, 11) is 0. The van der Waals surface area contributed by atoms with Crippen LogP contribution >= 0.6 is 39.7 Å². The minimum atomic E-state index is -0.679. The summed E-state index contributed by atoms with van der Waals surface area (Å²) in [5.74, 6) is -0.742. The van der Waals surface area contributed by atoms with Crippen molar-refractivity contribution in [1.29, 1.82) is 0 Å². The molecule has 3 aromatic rings. The molecule has 4 rings (SSSR count). The summed E-state index contributed by atoms with van der Waals surface area (Å²) in [6.07, 6.45) is 1.25. The van der Waals surface area contributed by atoms with Crippen LogP contribution in [0.4, 0.5) is 5.69 Å². The minimum absolute atomic E-state index is 0.0355. The van der Waals surface area contributed by atoms with Crippen LogP contribution in [-0.4, -0.2) is 41.3 Å². The first kappa shape index (κ1) is 33.4. The van der Waals surface area contributed by atoms with Gasteiger partial charge in [0.15, 0.2) is 11.7 Å². The average Bonchev–Trinajstić information content (AvgIpc) is 2.99. The summed E-state index contributed by atoms with van der Waals surface area (Å²) in [6.45, 7) is 3.27. The second-order valence-electron chi connectivity index (χ2n) is 9.44. The van der Waals surface area contributed by atoms with Crippen LogP contribution < -0.4 is 25.5 Å². The van der Waals surface area contributed by atoms with Crippen LogP contribution in [0.1, 0.15) is 36.6 Å². The van der Waals surface area contributed by atoms with E-state index in [1.165, 1.54) is 12.3 Å². The van der Waals surface area contributed by atoms with Crippen molar-refractivity contribution < 1.29 is 28.7 Å². The number of carbonyl (C=O) groups excluding carboxylic acids is 2. The number of thiocarbonyl (C=S) groups is 1. The molecule has 0 unspecified atom stereocenters. The summed E-state index contributed by atoms with van der Waals surface area (Å²) in [5, 5.41) is 22.5. The number of nitro groups is 1. The molecule has 0 spiro atoms. The number of hydrazone groups is 1. The lowest BCUT2D eigenvalue weighted by Gasteiger charge is -2.30. The third kappa shape index (κ3) is 8.77. The lowest BCUT2D eigenvalue weighted by atomic mass is 9.95. The van der Waals surface area contributed by atoms with Gasteiger partial charge in [-0.2, -0.15) is 5.10 Å². The first-order valence-electron chi connectivity index (χ1n) is 13.4. The average molecular weight is 717 g/mol. The molecule has 234 valence electrons. The van der Waals surface area contributed by atoms with Crippen LogP contribution in [0.2, 0.25) is 5.02 Å². The fraction of sp³-hybridized carbons (Fsp3) is 0.200. The van der Waals surface area contributed by atoms with Crippen LogP contribution in [0.5, 0.6) is 11.5 Å². The number of halogens is 2. The summed E-state index contributed by atoms with van der Waals surface area (Å²) < 4.78 is 17.1. The fourth-order valence-corrected chi connectivity index (χ4v) is 5.41. The highest BCUT2D eigenvalue weighted by molar-refractivity contribution is 9.10. The molecule has 0 aromatic heterocycles. The van der Waals surface area contributed by atoms with Crippen LogP contribution in [0, 0.1) is 10.1 Å². The van der Waals surface area contributed by atoms with Crippen molar-refractivity contribution in [3.8, 4) is 11.5 Å². The van der Waals surface area contributed by atoms with Crippen molar-refractivity contribution in [2.75, 3.05) is 13.2 Å². The van der Waals surface area contributed by atoms with Gasteiger partial charge in [0, 0.05) is 27.9 Å². The number of allylic oxidation sites excluding steroid dienone is 1. The van der Waals surface area contributed by atoms with Gasteiger partial charge in [-0.15, -0.1) is 0 Å². The van der Waals surface area contributed by atoms with E-state index >= 15 is 0 Å². The Hall–Kier alpha value is -4.53. The zero-order chi connectivity index (χ0) is 32.5. The first-order chi connectivity index (χ1) is 21.6. The predicted octanol–water partition coefficient (Wildman–Crippen LogP) is 5.47. The molecular formula is C30H27BrClN5O7S. The third-order valence-electron chi connectivity index (χ3n) is 6.27. The normalized spacial score (nSPS) is 14.4. The summed E-state index contributed by atoms with van der Waals surface area (Å²) in [5.41, 5.74) is 4.55. The molecule has 3 aromatic carbocycles. The maximum Gasteiger partial charge on any atom is 0.338 e. The number of ether oxygens (including phenoxy) is 3. The van der Waals surface area contributed by atoms with Crippen molar-refractivity contribution in [3.63, 3.8) is 0 Å². The molecule has 12 nitrogen and oxygen atoms in total. The number of carbonyl (C=O) groups is 2. The molecule has 0 radical (unpaired) electrons. The number of hydrogen-bond donors (Lipinski definition) is 3. The molecule has 1 heterocycles. The van der Waals surface area contributed by atoms with E-state index in [0.717, 1.165) is 5.56 Å². The van der Waals surface area contributed by atoms with Crippen molar-refractivity contribution in [2.45, 2.75) is 26.5 Å². The first-order valence-corrected chi connectivity index (χ1v) is 15.0. The van der Waals surface area contributed by atoms with Crippen molar-refractivity contribution in [1.82, 2.24) is 16.1 Å². The van der Waals surface area contributed by atoms with Crippen molar-refractivity contribution >= 4 is 68.6 Å². The molecule has 45 heavy (non-hydrogen) atoms. The van der Waals surface area contributed by atoms with Crippen molar-refractivity contribution in [2.24, 2.45) is 5.10 Å². The summed E-state index contributed by atoms with van der Waals surface area (Å²) in [4.78, 5) is 36.5. The maximum absolute atomic E-state index is 12.7.